The van der Waals surface area contributed by atoms with E-state index in [1.54, 1.807) is 0 Å². The molecular weight excluding hydrogens is 314 g/mol. The number of benzene rings is 4. The summed E-state index contributed by atoms with van der Waals surface area (Å²) < 4.78 is 2.40. The topological polar surface area (TPSA) is 4.93 Å². The molecule has 0 amide bonds. The molecule has 26 heavy (non-hydrogen) atoms. The van der Waals surface area contributed by atoms with Gasteiger partial charge in [-0.3, -0.25) is 0 Å². The van der Waals surface area contributed by atoms with E-state index < -0.39 is 0 Å². The van der Waals surface area contributed by atoms with Gasteiger partial charge in [0.2, 0.25) is 0 Å². The average molecular weight is 333 g/mol. The Labute approximate surface area is 153 Å². The molecule has 0 atom stereocenters. The van der Waals surface area contributed by atoms with Gasteiger partial charge in [-0.1, -0.05) is 78.9 Å². The maximum Gasteiger partial charge on any atom is 0.0541 e. The standard InChI is InChI=1S/C25H19N/c1-18-10-2-3-11-19(18)20-12-4-7-15-23(20)26-24-16-8-5-13-21(24)22-14-6-9-17-25(22)26/h2-17H,1H3. The van der Waals surface area contributed by atoms with E-state index in [9.17, 15) is 0 Å². The highest BCUT2D eigenvalue weighted by molar-refractivity contribution is 6.09. The van der Waals surface area contributed by atoms with Gasteiger partial charge in [-0.05, 0) is 36.2 Å². The summed E-state index contributed by atoms with van der Waals surface area (Å²) in [5.41, 5.74) is 7.55. The van der Waals surface area contributed by atoms with E-state index in [0.29, 0.717) is 0 Å². The summed E-state index contributed by atoms with van der Waals surface area (Å²) in [6, 6.07) is 34.6. The summed E-state index contributed by atoms with van der Waals surface area (Å²) in [4.78, 5) is 0. The first-order valence-electron chi connectivity index (χ1n) is 8.98. The van der Waals surface area contributed by atoms with Crippen molar-refractivity contribution in [3.63, 3.8) is 0 Å². The second-order valence-electron chi connectivity index (χ2n) is 6.70. The average Bonchev–Trinajstić information content (AvgIpc) is 3.03. The second-order valence-corrected chi connectivity index (χ2v) is 6.70. The van der Waals surface area contributed by atoms with Crippen LogP contribution in [0.25, 0.3) is 38.6 Å². The van der Waals surface area contributed by atoms with Gasteiger partial charge >= 0.3 is 0 Å². The number of aromatic nitrogens is 1. The maximum absolute atomic E-state index is 2.40. The molecule has 0 radical (unpaired) electrons. The summed E-state index contributed by atoms with van der Waals surface area (Å²) in [6.07, 6.45) is 0. The minimum atomic E-state index is 1.22. The third kappa shape index (κ3) is 2.18. The van der Waals surface area contributed by atoms with Crippen LogP contribution in [0.5, 0.6) is 0 Å². The zero-order chi connectivity index (χ0) is 17.5. The quantitative estimate of drug-likeness (QED) is 0.336. The lowest BCUT2D eigenvalue weighted by molar-refractivity contribution is 1.18. The lowest BCUT2D eigenvalue weighted by atomic mass is 9.99. The van der Waals surface area contributed by atoms with E-state index in [2.05, 4.69) is 109 Å². The number of nitrogens with zero attached hydrogens (tertiary/aromatic N) is 1. The van der Waals surface area contributed by atoms with Gasteiger partial charge in [0.15, 0.2) is 0 Å². The number of para-hydroxylation sites is 3. The highest BCUT2D eigenvalue weighted by atomic mass is 15.0. The maximum atomic E-state index is 2.40. The molecule has 0 aliphatic heterocycles. The molecule has 1 nitrogen and oxygen atoms in total. The lowest BCUT2D eigenvalue weighted by Gasteiger charge is -2.15. The van der Waals surface area contributed by atoms with Crippen molar-refractivity contribution in [2.75, 3.05) is 0 Å². The molecule has 1 heteroatoms. The van der Waals surface area contributed by atoms with Gasteiger partial charge < -0.3 is 4.57 Å². The first-order chi connectivity index (χ1) is 12.8. The third-order valence-corrected chi connectivity index (χ3v) is 5.16. The van der Waals surface area contributed by atoms with Crippen molar-refractivity contribution in [2.24, 2.45) is 0 Å². The van der Waals surface area contributed by atoms with Gasteiger partial charge in [0.05, 0.1) is 16.7 Å². The van der Waals surface area contributed by atoms with Crippen LogP contribution < -0.4 is 0 Å². The molecule has 0 spiro atoms. The molecule has 0 saturated heterocycles. The Balaban J connectivity index is 1.92. The van der Waals surface area contributed by atoms with Gasteiger partial charge in [-0.15, -0.1) is 0 Å². The number of hydrogen-bond acceptors (Lipinski definition) is 0. The Kier molecular flexibility index (Phi) is 3.39. The molecule has 0 aliphatic rings. The molecule has 5 aromatic rings. The highest BCUT2D eigenvalue weighted by Gasteiger charge is 2.15. The Morgan fingerprint density at radius 3 is 1.65 bits per heavy atom. The predicted molar refractivity (Wildman–Crippen MR) is 111 cm³/mol. The van der Waals surface area contributed by atoms with Gasteiger partial charge in [-0.25, -0.2) is 0 Å². The number of fused-ring (bicyclic) bond motifs is 3. The normalized spacial score (nSPS) is 11.3. The summed E-state index contributed by atoms with van der Waals surface area (Å²) in [5, 5.41) is 2.59. The molecule has 0 fully saturated rings. The monoisotopic (exact) mass is 333 g/mol. The first-order valence-corrected chi connectivity index (χ1v) is 8.98. The van der Waals surface area contributed by atoms with Crippen LogP contribution in [-0.2, 0) is 0 Å². The molecule has 124 valence electrons. The SMILES string of the molecule is Cc1ccccc1-c1ccccc1-n1c2ccccc2c2ccccc21. The molecular formula is C25H19N. The van der Waals surface area contributed by atoms with Crippen LogP contribution in [0.15, 0.2) is 97.1 Å². The predicted octanol–water partition coefficient (Wildman–Crippen LogP) is 6.76. The van der Waals surface area contributed by atoms with Crippen LogP contribution >= 0.6 is 0 Å². The van der Waals surface area contributed by atoms with Crippen LogP contribution in [0.4, 0.5) is 0 Å². The molecule has 1 aromatic heterocycles. The summed E-state index contributed by atoms with van der Waals surface area (Å²) in [7, 11) is 0. The van der Waals surface area contributed by atoms with Crippen molar-refractivity contribution >= 4 is 21.8 Å². The fourth-order valence-electron chi connectivity index (χ4n) is 3.95. The zero-order valence-electron chi connectivity index (χ0n) is 14.7. The molecule has 0 aliphatic carbocycles. The molecule has 0 saturated carbocycles. The minimum absolute atomic E-state index is 1.22. The molecule has 0 bridgehead atoms. The van der Waals surface area contributed by atoms with Gasteiger partial charge in [0.1, 0.15) is 0 Å². The molecule has 1 heterocycles. The fourth-order valence-corrected chi connectivity index (χ4v) is 3.95. The van der Waals surface area contributed by atoms with Crippen molar-refractivity contribution in [3.8, 4) is 16.8 Å². The largest absolute Gasteiger partial charge is 0.309 e. The van der Waals surface area contributed by atoms with Crippen LogP contribution in [0.2, 0.25) is 0 Å². The van der Waals surface area contributed by atoms with Gasteiger partial charge in [-0.2, -0.15) is 0 Å². The Hall–Kier alpha value is -3.32. The highest BCUT2D eigenvalue weighted by Crippen LogP contribution is 2.36. The van der Waals surface area contributed by atoms with Crippen molar-refractivity contribution in [3.05, 3.63) is 103 Å². The van der Waals surface area contributed by atoms with E-state index in [4.69, 9.17) is 0 Å². The Morgan fingerprint density at radius 2 is 1.00 bits per heavy atom. The fraction of sp³-hybridized carbons (Fsp3) is 0.0400. The molecule has 5 rings (SSSR count). The third-order valence-electron chi connectivity index (χ3n) is 5.16. The van der Waals surface area contributed by atoms with Crippen LogP contribution in [-0.4, -0.2) is 4.57 Å². The van der Waals surface area contributed by atoms with Crippen molar-refractivity contribution in [1.82, 2.24) is 4.57 Å². The van der Waals surface area contributed by atoms with Crippen LogP contribution in [0.3, 0.4) is 0 Å². The van der Waals surface area contributed by atoms with Crippen molar-refractivity contribution in [2.45, 2.75) is 6.92 Å². The lowest BCUT2D eigenvalue weighted by Crippen LogP contribution is -1.97. The summed E-state index contributed by atoms with van der Waals surface area (Å²) >= 11 is 0. The molecule has 0 unspecified atom stereocenters. The van der Waals surface area contributed by atoms with Crippen molar-refractivity contribution < 1.29 is 0 Å². The van der Waals surface area contributed by atoms with E-state index in [1.807, 2.05) is 0 Å². The first kappa shape index (κ1) is 15.0. The van der Waals surface area contributed by atoms with Crippen LogP contribution in [0, 0.1) is 6.92 Å². The summed E-state index contributed by atoms with van der Waals surface area (Å²) in [6.45, 7) is 2.18. The Bertz CT molecular complexity index is 1190. The number of aryl methyl sites for hydroxylation is 1. The smallest absolute Gasteiger partial charge is 0.0541 e. The Morgan fingerprint density at radius 1 is 0.500 bits per heavy atom. The molecule has 0 N–H and O–H groups in total. The van der Waals surface area contributed by atoms with E-state index in [1.165, 1.54) is 44.2 Å². The zero-order valence-corrected chi connectivity index (χ0v) is 14.7. The van der Waals surface area contributed by atoms with Gasteiger partial charge in [0.25, 0.3) is 0 Å². The molecule has 4 aromatic carbocycles. The minimum Gasteiger partial charge on any atom is -0.309 e. The van der Waals surface area contributed by atoms with E-state index in [0.717, 1.165) is 0 Å². The van der Waals surface area contributed by atoms with E-state index >= 15 is 0 Å². The van der Waals surface area contributed by atoms with Crippen molar-refractivity contribution in [1.29, 1.82) is 0 Å². The van der Waals surface area contributed by atoms with Crippen LogP contribution in [0.1, 0.15) is 5.56 Å². The van der Waals surface area contributed by atoms with Gasteiger partial charge in [0, 0.05) is 16.3 Å². The number of rotatable bonds is 2. The second kappa shape index (κ2) is 5.89. The number of hydrogen-bond donors (Lipinski definition) is 0. The van der Waals surface area contributed by atoms with E-state index in [-0.39, 0.29) is 0 Å². The summed E-state index contributed by atoms with van der Waals surface area (Å²) in [5.74, 6) is 0.